The van der Waals surface area contributed by atoms with Gasteiger partial charge in [-0.1, -0.05) is 20.8 Å². The minimum absolute atomic E-state index is 0.225. The van der Waals surface area contributed by atoms with Crippen molar-refractivity contribution >= 4 is 6.03 Å². The van der Waals surface area contributed by atoms with Crippen LogP contribution in [0.2, 0.25) is 0 Å². The van der Waals surface area contributed by atoms with Crippen LogP contribution in [0.25, 0.3) is 0 Å². The van der Waals surface area contributed by atoms with Gasteiger partial charge in [-0.05, 0) is 6.08 Å². The van der Waals surface area contributed by atoms with Crippen LogP contribution in [0.15, 0.2) is 12.3 Å². The van der Waals surface area contributed by atoms with E-state index < -0.39 is 12.0 Å². The molecule has 0 aliphatic carbocycles. The van der Waals surface area contributed by atoms with Crippen LogP contribution in [0.4, 0.5) is 4.79 Å². The van der Waals surface area contributed by atoms with E-state index in [0.717, 1.165) is 0 Å². The minimum Gasteiger partial charge on any atom is -0.373 e. The van der Waals surface area contributed by atoms with Gasteiger partial charge in [0.1, 0.15) is 6.23 Å². The van der Waals surface area contributed by atoms with Crippen molar-refractivity contribution in [3.05, 3.63) is 12.3 Å². The van der Waals surface area contributed by atoms with Gasteiger partial charge in [-0.2, -0.15) is 0 Å². The number of hydrogen-bond acceptors (Lipinski definition) is 4. The van der Waals surface area contributed by atoms with Crippen molar-refractivity contribution in [2.75, 3.05) is 13.6 Å². The summed E-state index contributed by atoms with van der Waals surface area (Å²) < 4.78 is 0. The second-order valence-electron chi connectivity index (χ2n) is 5.84. The molecule has 2 aliphatic rings. The van der Waals surface area contributed by atoms with Crippen LogP contribution in [-0.2, 0) is 4.84 Å². The smallest absolute Gasteiger partial charge is 0.324 e. The lowest BCUT2D eigenvalue weighted by Gasteiger charge is -2.51. The molecule has 6 nitrogen and oxygen atoms in total. The Morgan fingerprint density at radius 1 is 1.56 bits per heavy atom. The highest BCUT2D eigenvalue weighted by molar-refractivity contribution is 5.76. The monoisotopic (exact) mass is 255 g/mol. The third kappa shape index (κ3) is 1.76. The van der Waals surface area contributed by atoms with Crippen LogP contribution in [-0.4, -0.2) is 46.5 Å². The van der Waals surface area contributed by atoms with Gasteiger partial charge < -0.3 is 10.0 Å². The first-order valence-corrected chi connectivity index (χ1v) is 6.13. The van der Waals surface area contributed by atoms with E-state index in [4.69, 9.17) is 4.84 Å². The quantitative estimate of drug-likeness (QED) is 0.729. The van der Waals surface area contributed by atoms with Crippen LogP contribution >= 0.6 is 0 Å². The molecule has 2 unspecified atom stereocenters. The van der Waals surface area contributed by atoms with Crippen molar-refractivity contribution in [3.8, 4) is 0 Å². The van der Waals surface area contributed by atoms with E-state index in [9.17, 15) is 9.90 Å². The van der Waals surface area contributed by atoms with Gasteiger partial charge in [0.15, 0.2) is 5.72 Å². The summed E-state index contributed by atoms with van der Waals surface area (Å²) in [4.78, 5) is 20.9. The molecule has 0 aromatic rings. The first-order chi connectivity index (χ1) is 8.29. The van der Waals surface area contributed by atoms with E-state index in [0.29, 0.717) is 13.0 Å². The Labute approximate surface area is 107 Å². The lowest BCUT2D eigenvalue weighted by molar-refractivity contribution is -0.222. The highest BCUT2D eigenvalue weighted by Gasteiger charge is 2.55. The van der Waals surface area contributed by atoms with E-state index in [-0.39, 0.29) is 11.4 Å². The number of urea groups is 1. The van der Waals surface area contributed by atoms with Gasteiger partial charge in [0.25, 0.3) is 0 Å². The predicted molar refractivity (Wildman–Crippen MR) is 66.0 cm³/mol. The van der Waals surface area contributed by atoms with Crippen molar-refractivity contribution in [2.24, 2.45) is 5.41 Å². The third-order valence-electron chi connectivity index (χ3n) is 3.58. The maximum atomic E-state index is 12.3. The molecule has 2 rings (SSSR count). The van der Waals surface area contributed by atoms with Crippen molar-refractivity contribution in [1.29, 1.82) is 0 Å². The molecule has 0 radical (unpaired) electrons. The number of aliphatic hydroxyl groups is 1. The summed E-state index contributed by atoms with van der Waals surface area (Å²) >= 11 is 0. The van der Waals surface area contributed by atoms with E-state index in [1.807, 2.05) is 20.8 Å². The number of rotatable bonds is 1. The van der Waals surface area contributed by atoms with Crippen LogP contribution in [0.3, 0.4) is 0 Å². The van der Waals surface area contributed by atoms with Gasteiger partial charge in [-0.25, -0.2) is 9.63 Å². The Morgan fingerprint density at radius 3 is 2.72 bits per heavy atom. The maximum Gasteiger partial charge on any atom is 0.324 e. The Bertz CT molecular complexity index is 377. The molecule has 2 N–H and O–H groups in total. The molecule has 0 saturated carbocycles. The fraction of sp³-hybridized carbons (Fsp3) is 0.750. The molecule has 0 aromatic heterocycles. The summed E-state index contributed by atoms with van der Waals surface area (Å²) in [6.45, 7) is 6.46. The number of carbonyl (C=O) groups is 1. The molecule has 2 heterocycles. The molecular formula is C12H21N3O3. The summed E-state index contributed by atoms with van der Waals surface area (Å²) in [5.41, 5.74) is 1.32. The molecule has 0 spiro atoms. The van der Waals surface area contributed by atoms with Crippen molar-refractivity contribution < 1.29 is 14.7 Å². The summed E-state index contributed by atoms with van der Waals surface area (Å²) in [6, 6.07) is -0.225. The van der Waals surface area contributed by atoms with Gasteiger partial charge in [-0.15, -0.1) is 0 Å². The van der Waals surface area contributed by atoms with Crippen LogP contribution in [0.1, 0.15) is 27.2 Å². The van der Waals surface area contributed by atoms with E-state index in [2.05, 4.69) is 5.48 Å². The summed E-state index contributed by atoms with van der Waals surface area (Å²) in [5.74, 6) is 0. The van der Waals surface area contributed by atoms with Crippen LogP contribution in [0, 0.1) is 5.41 Å². The molecule has 18 heavy (non-hydrogen) atoms. The first kappa shape index (κ1) is 13.2. The molecular weight excluding hydrogens is 234 g/mol. The average molecular weight is 255 g/mol. The number of aliphatic hydroxyl groups excluding tert-OH is 1. The Balaban J connectivity index is 2.42. The molecule has 0 bridgehead atoms. The zero-order chi connectivity index (χ0) is 13.6. The Morgan fingerprint density at radius 2 is 2.22 bits per heavy atom. The van der Waals surface area contributed by atoms with Crippen molar-refractivity contribution in [3.63, 3.8) is 0 Å². The zero-order valence-corrected chi connectivity index (χ0v) is 11.3. The highest BCUT2D eigenvalue weighted by atomic mass is 16.7. The average Bonchev–Trinajstić information content (AvgIpc) is 2.74. The summed E-state index contributed by atoms with van der Waals surface area (Å²) in [5, 5.41) is 10.2. The minimum atomic E-state index is -0.974. The van der Waals surface area contributed by atoms with E-state index in [1.54, 1.807) is 24.2 Å². The second kappa shape index (κ2) is 4.13. The van der Waals surface area contributed by atoms with Gasteiger partial charge in [0.05, 0.1) is 0 Å². The predicted octanol–water partition coefficient (Wildman–Crippen LogP) is 0.853. The summed E-state index contributed by atoms with van der Waals surface area (Å²) in [6.07, 6.45) is 3.11. The number of amides is 2. The SMILES string of the molecule is CN1CCC(O)N(C2(C(C)(C)C)C=CNO2)C1=O. The fourth-order valence-electron chi connectivity index (χ4n) is 2.41. The van der Waals surface area contributed by atoms with Gasteiger partial charge >= 0.3 is 6.03 Å². The van der Waals surface area contributed by atoms with Crippen LogP contribution < -0.4 is 5.48 Å². The molecule has 0 aromatic carbocycles. The number of nitrogens with one attached hydrogen (secondary N) is 1. The molecule has 2 amide bonds. The lowest BCUT2D eigenvalue weighted by Crippen LogP contribution is -2.67. The third-order valence-corrected chi connectivity index (χ3v) is 3.58. The zero-order valence-electron chi connectivity index (χ0n) is 11.3. The first-order valence-electron chi connectivity index (χ1n) is 6.13. The largest absolute Gasteiger partial charge is 0.373 e. The Kier molecular flexibility index (Phi) is 3.03. The van der Waals surface area contributed by atoms with Gasteiger partial charge in [-0.3, -0.25) is 10.4 Å². The normalized spacial score (nSPS) is 32.9. The van der Waals surface area contributed by atoms with Gasteiger partial charge in [0.2, 0.25) is 0 Å². The molecule has 1 fully saturated rings. The van der Waals surface area contributed by atoms with Gasteiger partial charge in [0, 0.05) is 31.6 Å². The maximum absolute atomic E-state index is 12.3. The van der Waals surface area contributed by atoms with E-state index in [1.165, 1.54) is 4.90 Å². The van der Waals surface area contributed by atoms with Crippen LogP contribution in [0.5, 0.6) is 0 Å². The number of nitrogens with zero attached hydrogens (tertiary/aromatic N) is 2. The summed E-state index contributed by atoms with van der Waals surface area (Å²) in [7, 11) is 1.73. The lowest BCUT2D eigenvalue weighted by atomic mass is 9.81. The fourth-order valence-corrected chi connectivity index (χ4v) is 2.41. The number of carbonyl (C=O) groups excluding carboxylic acids is 1. The molecule has 6 heteroatoms. The molecule has 1 saturated heterocycles. The molecule has 2 atom stereocenters. The van der Waals surface area contributed by atoms with Crippen molar-refractivity contribution in [1.82, 2.24) is 15.3 Å². The Hall–Kier alpha value is -1.27. The molecule has 102 valence electrons. The van der Waals surface area contributed by atoms with E-state index >= 15 is 0 Å². The van der Waals surface area contributed by atoms with Crippen molar-refractivity contribution in [2.45, 2.75) is 39.1 Å². The second-order valence-corrected chi connectivity index (χ2v) is 5.84. The topological polar surface area (TPSA) is 65.0 Å². The number of hydrogen-bond donors (Lipinski definition) is 2. The standard InChI is InChI=1S/C12H21N3O3/c1-11(2,3)12(6-7-13-18-12)15-9(16)5-8-14(4)10(15)17/h6-7,9,13,16H,5,8H2,1-4H3. The highest BCUT2D eigenvalue weighted by Crippen LogP contribution is 2.42. The molecule has 2 aliphatic heterocycles. The number of hydroxylamine groups is 1.